The minimum atomic E-state index is -3.09. The van der Waals surface area contributed by atoms with E-state index in [1.165, 1.54) is 13.2 Å². The Morgan fingerprint density at radius 2 is 1.96 bits per heavy atom. The Hall–Kier alpha value is -2.25. The van der Waals surface area contributed by atoms with E-state index in [9.17, 15) is 13.2 Å². The zero-order chi connectivity index (χ0) is 18.4. The van der Waals surface area contributed by atoms with Crippen molar-refractivity contribution < 1.29 is 22.7 Å². The molecule has 2 aromatic rings. The minimum absolute atomic E-state index is 0.0400. The fraction of sp³-hybridized carbons (Fsp3) is 0.235. The Bertz CT molecular complexity index is 867. The second-order valence-corrected chi connectivity index (χ2v) is 8.00. The molecule has 0 atom stereocenters. The quantitative estimate of drug-likeness (QED) is 0.794. The van der Waals surface area contributed by atoms with E-state index in [4.69, 9.17) is 21.1 Å². The van der Waals surface area contributed by atoms with Gasteiger partial charge in [-0.25, -0.2) is 8.42 Å². The van der Waals surface area contributed by atoms with Crippen LogP contribution in [0, 0.1) is 0 Å². The number of ether oxygens (including phenoxy) is 2. The highest BCUT2D eigenvalue weighted by Gasteiger charge is 2.13. The third-order valence-electron chi connectivity index (χ3n) is 3.22. The summed E-state index contributed by atoms with van der Waals surface area (Å²) in [6.45, 7) is 0.0400. The summed E-state index contributed by atoms with van der Waals surface area (Å²) in [6, 6.07) is 11.4. The number of amides is 1. The van der Waals surface area contributed by atoms with Gasteiger partial charge in [0.2, 0.25) is 0 Å². The van der Waals surface area contributed by atoms with Gasteiger partial charge in [0.25, 0.3) is 5.91 Å². The van der Waals surface area contributed by atoms with Crippen LogP contribution < -0.4 is 14.8 Å². The zero-order valence-electron chi connectivity index (χ0n) is 13.8. The largest absolute Gasteiger partial charge is 0.496 e. The monoisotopic (exact) mass is 383 g/mol. The first-order valence-electron chi connectivity index (χ1n) is 7.34. The summed E-state index contributed by atoms with van der Waals surface area (Å²) in [5.74, 6) is 0.401. The third-order valence-corrected chi connectivity index (χ3v) is 4.36. The second kappa shape index (κ2) is 8.22. The van der Waals surface area contributed by atoms with Crippen LogP contribution in [0.3, 0.4) is 0 Å². The number of sulfone groups is 1. The Morgan fingerprint density at radius 1 is 1.20 bits per heavy atom. The fourth-order valence-electron chi connectivity index (χ4n) is 2.03. The van der Waals surface area contributed by atoms with E-state index in [1.54, 1.807) is 36.4 Å². The molecule has 2 rings (SSSR count). The van der Waals surface area contributed by atoms with Gasteiger partial charge < -0.3 is 14.8 Å². The molecule has 0 fully saturated rings. The molecule has 1 N–H and O–H groups in total. The summed E-state index contributed by atoms with van der Waals surface area (Å²) in [6.07, 6.45) is 1.14. The summed E-state index contributed by atoms with van der Waals surface area (Å²) in [4.78, 5) is 12.4. The normalized spacial score (nSPS) is 11.0. The molecule has 1 amide bonds. The molecule has 0 spiro atoms. The van der Waals surface area contributed by atoms with Crippen LogP contribution in [0.1, 0.15) is 10.4 Å². The topological polar surface area (TPSA) is 81.7 Å². The van der Waals surface area contributed by atoms with Gasteiger partial charge in [0.1, 0.15) is 18.1 Å². The van der Waals surface area contributed by atoms with Crippen LogP contribution in [0.5, 0.6) is 11.5 Å². The zero-order valence-corrected chi connectivity index (χ0v) is 15.4. The molecule has 0 unspecified atom stereocenters. The van der Waals surface area contributed by atoms with Gasteiger partial charge in [0, 0.05) is 23.0 Å². The lowest BCUT2D eigenvalue weighted by Crippen LogP contribution is -2.14. The van der Waals surface area contributed by atoms with Crippen LogP contribution in [0.15, 0.2) is 42.5 Å². The Balaban J connectivity index is 2.09. The van der Waals surface area contributed by atoms with Crippen molar-refractivity contribution in [2.75, 3.05) is 31.0 Å². The number of carbonyl (C=O) groups is 1. The van der Waals surface area contributed by atoms with Crippen molar-refractivity contribution >= 4 is 33.0 Å². The number of rotatable bonds is 7. The lowest BCUT2D eigenvalue weighted by atomic mass is 10.2. The average molecular weight is 384 g/mol. The molecule has 134 valence electrons. The van der Waals surface area contributed by atoms with Crippen LogP contribution in [-0.2, 0) is 9.84 Å². The number of hydrogen-bond donors (Lipinski definition) is 1. The van der Waals surface area contributed by atoms with Crippen molar-refractivity contribution in [1.82, 2.24) is 0 Å². The van der Waals surface area contributed by atoms with Crippen molar-refractivity contribution in [2.24, 2.45) is 0 Å². The summed E-state index contributed by atoms with van der Waals surface area (Å²) >= 11 is 5.94. The van der Waals surface area contributed by atoms with Gasteiger partial charge in [-0.05, 0) is 30.3 Å². The first-order valence-corrected chi connectivity index (χ1v) is 9.78. The molecule has 6 nitrogen and oxygen atoms in total. The molecule has 0 aliphatic heterocycles. The molecule has 2 aromatic carbocycles. The molecule has 0 heterocycles. The predicted octanol–water partition coefficient (Wildman–Crippen LogP) is 3.02. The smallest absolute Gasteiger partial charge is 0.259 e. The highest BCUT2D eigenvalue weighted by Crippen LogP contribution is 2.24. The number of methoxy groups -OCH3 is 1. The van der Waals surface area contributed by atoms with Crippen molar-refractivity contribution in [3.8, 4) is 11.5 Å². The van der Waals surface area contributed by atoms with Gasteiger partial charge >= 0.3 is 0 Å². The van der Waals surface area contributed by atoms with Crippen LogP contribution >= 0.6 is 11.6 Å². The SMILES string of the molecule is COc1ccc(Cl)cc1C(=O)Nc1cccc(OCCS(C)(=O)=O)c1. The molecular weight excluding hydrogens is 366 g/mol. The van der Waals surface area contributed by atoms with E-state index < -0.39 is 9.84 Å². The molecular formula is C17H18ClNO5S. The van der Waals surface area contributed by atoms with Crippen molar-refractivity contribution in [2.45, 2.75) is 0 Å². The molecule has 0 aromatic heterocycles. The van der Waals surface area contributed by atoms with Crippen LogP contribution in [-0.4, -0.2) is 40.1 Å². The van der Waals surface area contributed by atoms with Gasteiger partial charge in [0.15, 0.2) is 9.84 Å². The van der Waals surface area contributed by atoms with Gasteiger partial charge in [-0.1, -0.05) is 17.7 Å². The lowest BCUT2D eigenvalue weighted by molar-refractivity contribution is 0.102. The summed E-state index contributed by atoms with van der Waals surface area (Å²) < 4.78 is 32.8. The lowest BCUT2D eigenvalue weighted by Gasteiger charge is -2.11. The first-order chi connectivity index (χ1) is 11.8. The predicted molar refractivity (Wildman–Crippen MR) is 97.6 cm³/mol. The van der Waals surface area contributed by atoms with Gasteiger partial charge in [-0.2, -0.15) is 0 Å². The number of carbonyl (C=O) groups excluding carboxylic acids is 1. The van der Waals surface area contributed by atoms with E-state index in [0.29, 0.717) is 27.8 Å². The van der Waals surface area contributed by atoms with Crippen molar-refractivity contribution in [3.63, 3.8) is 0 Å². The van der Waals surface area contributed by atoms with E-state index in [-0.39, 0.29) is 18.3 Å². The van der Waals surface area contributed by atoms with Gasteiger partial charge in [0.05, 0.1) is 18.4 Å². The standard InChI is InChI=1S/C17H18ClNO5S/c1-23-16-7-6-12(18)10-15(16)17(20)19-13-4-3-5-14(11-13)24-8-9-25(2,21)22/h3-7,10-11H,8-9H2,1-2H3,(H,19,20). The minimum Gasteiger partial charge on any atom is -0.496 e. The maximum atomic E-state index is 12.4. The van der Waals surface area contributed by atoms with Gasteiger partial charge in [-0.3, -0.25) is 4.79 Å². The maximum Gasteiger partial charge on any atom is 0.259 e. The van der Waals surface area contributed by atoms with Crippen molar-refractivity contribution in [3.05, 3.63) is 53.1 Å². The molecule has 0 radical (unpaired) electrons. The number of halogens is 1. The molecule has 0 aliphatic rings. The van der Waals surface area contributed by atoms with Gasteiger partial charge in [-0.15, -0.1) is 0 Å². The number of anilines is 1. The third kappa shape index (κ3) is 5.95. The summed E-state index contributed by atoms with van der Waals surface area (Å²) in [5, 5.41) is 3.15. The van der Waals surface area contributed by atoms with E-state index >= 15 is 0 Å². The Morgan fingerprint density at radius 3 is 2.64 bits per heavy atom. The average Bonchev–Trinajstić information content (AvgIpc) is 2.54. The van der Waals surface area contributed by atoms with Crippen LogP contribution in [0.4, 0.5) is 5.69 Å². The van der Waals surface area contributed by atoms with E-state index in [2.05, 4.69) is 5.32 Å². The molecule has 0 bridgehead atoms. The Labute approximate surface area is 151 Å². The highest BCUT2D eigenvalue weighted by atomic mass is 35.5. The number of hydrogen-bond acceptors (Lipinski definition) is 5. The molecule has 0 aliphatic carbocycles. The van der Waals surface area contributed by atoms with E-state index in [1.807, 2.05) is 0 Å². The molecule has 0 saturated carbocycles. The highest BCUT2D eigenvalue weighted by molar-refractivity contribution is 7.90. The fourth-order valence-corrected chi connectivity index (χ4v) is 2.59. The van der Waals surface area contributed by atoms with Crippen LogP contribution in [0.2, 0.25) is 5.02 Å². The van der Waals surface area contributed by atoms with E-state index in [0.717, 1.165) is 6.26 Å². The summed E-state index contributed by atoms with van der Waals surface area (Å²) in [5.41, 5.74) is 0.808. The first kappa shape index (κ1) is 19.1. The maximum absolute atomic E-state index is 12.4. The van der Waals surface area contributed by atoms with Crippen molar-refractivity contribution in [1.29, 1.82) is 0 Å². The summed E-state index contributed by atoms with van der Waals surface area (Å²) in [7, 11) is -1.62. The molecule has 8 heteroatoms. The number of benzene rings is 2. The molecule has 25 heavy (non-hydrogen) atoms. The van der Waals surface area contributed by atoms with Crippen LogP contribution in [0.25, 0.3) is 0 Å². The second-order valence-electron chi connectivity index (χ2n) is 5.30. The molecule has 0 saturated heterocycles. The Kier molecular flexibility index (Phi) is 6.27. The number of nitrogens with one attached hydrogen (secondary N) is 1.